The van der Waals surface area contributed by atoms with Crippen LogP contribution in [-0.2, 0) is 14.1 Å². The predicted molar refractivity (Wildman–Crippen MR) is 73.1 cm³/mol. The van der Waals surface area contributed by atoms with Crippen molar-refractivity contribution in [2.45, 2.75) is 32.9 Å². The lowest BCUT2D eigenvalue weighted by molar-refractivity contribution is -0.157. The van der Waals surface area contributed by atoms with E-state index in [1.807, 2.05) is 6.07 Å². The van der Waals surface area contributed by atoms with E-state index in [2.05, 4.69) is 0 Å². The van der Waals surface area contributed by atoms with Gasteiger partial charge in [0.15, 0.2) is 11.8 Å². The van der Waals surface area contributed by atoms with Gasteiger partial charge in [-0.15, -0.1) is 0 Å². The number of halogens is 1. The van der Waals surface area contributed by atoms with Gasteiger partial charge in [0.25, 0.3) is 0 Å². The topological polar surface area (TPSA) is 55.8 Å². The maximum Gasteiger partial charge on any atom is 0.593 e. The minimum atomic E-state index is -2.35. The smallest absolute Gasteiger partial charge is 0.462 e. The second kappa shape index (κ2) is 7.43. The third kappa shape index (κ3) is 5.15. The molecule has 7 heteroatoms. The fourth-order valence-electron chi connectivity index (χ4n) is 1.26. The van der Waals surface area contributed by atoms with Gasteiger partial charge in [0, 0.05) is 0 Å². The third-order valence-corrected chi connectivity index (χ3v) is 3.31. The fraction of sp³-hybridized carbons (Fsp3) is 0.417. The Morgan fingerprint density at radius 1 is 1.26 bits per heavy atom. The van der Waals surface area contributed by atoms with E-state index in [0.29, 0.717) is 5.75 Å². The van der Waals surface area contributed by atoms with Crippen LogP contribution in [0.25, 0.3) is 0 Å². The average molecular weight is 305 g/mol. The van der Waals surface area contributed by atoms with Gasteiger partial charge in [0.2, 0.25) is 11.2 Å². The van der Waals surface area contributed by atoms with Gasteiger partial charge in [-0.25, -0.2) is 0 Å². The van der Waals surface area contributed by atoms with Crippen LogP contribution in [0.5, 0.6) is 5.75 Å². The molecule has 0 N–H and O–H groups in total. The second-order valence-corrected chi connectivity index (χ2v) is 5.81. The van der Waals surface area contributed by atoms with Crippen molar-refractivity contribution in [2.24, 2.45) is 0 Å². The molecule has 0 radical (unpaired) electrons. The molecule has 1 rings (SSSR count). The Hall–Kier alpha value is -1.16. The molecule has 19 heavy (non-hydrogen) atoms. The van der Waals surface area contributed by atoms with Gasteiger partial charge in [0.05, 0.1) is 6.10 Å². The number of hydrogen-bond acceptors (Lipinski definition) is 4. The first kappa shape index (κ1) is 15.9. The van der Waals surface area contributed by atoms with Gasteiger partial charge in [-0.05, 0) is 37.5 Å². The molecule has 104 valence electrons. The van der Waals surface area contributed by atoms with Crippen LogP contribution in [0, 0.1) is 0 Å². The van der Waals surface area contributed by atoms with Crippen molar-refractivity contribution in [1.82, 2.24) is 4.83 Å². The number of para-hydroxylation sites is 1. The number of rotatable bonds is 6. The Bertz CT molecular complexity index is 441. The summed E-state index contributed by atoms with van der Waals surface area (Å²) in [7, 11) is -2.35. The van der Waals surface area contributed by atoms with Gasteiger partial charge >= 0.3 is 13.3 Å². The quantitative estimate of drug-likeness (QED) is 0.457. The van der Waals surface area contributed by atoms with E-state index in [4.69, 9.17) is 20.8 Å². The second-order valence-electron chi connectivity index (χ2n) is 4.09. The lowest BCUT2D eigenvalue weighted by Crippen LogP contribution is -2.38. The van der Waals surface area contributed by atoms with Crippen LogP contribution >= 0.6 is 18.5 Å². The first-order valence-electron chi connectivity index (χ1n) is 5.77. The molecule has 1 aromatic rings. The molecule has 1 aromatic carbocycles. The van der Waals surface area contributed by atoms with Crippen LogP contribution in [0.15, 0.2) is 30.3 Å². The van der Waals surface area contributed by atoms with Crippen molar-refractivity contribution >= 4 is 24.5 Å². The molecular weight excluding hydrogens is 289 g/mol. The molecule has 0 aromatic heterocycles. The number of esters is 1. The van der Waals surface area contributed by atoms with E-state index in [9.17, 15) is 9.36 Å². The molecule has 0 amide bonds. The lowest BCUT2D eigenvalue weighted by atomic mass is 10.3. The molecule has 0 aliphatic rings. The van der Waals surface area contributed by atoms with Crippen molar-refractivity contribution in [2.75, 3.05) is 0 Å². The van der Waals surface area contributed by atoms with Crippen molar-refractivity contribution in [1.29, 1.82) is 0 Å². The van der Waals surface area contributed by atoms with Gasteiger partial charge in [-0.1, -0.05) is 18.2 Å². The van der Waals surface area contributed by atoms with Crippen LogP contribution in [0.1, 0.15) is 20.8 Å². The fourth-order valence-corrected chi connectivity index (χ4v) is 2.27. The summed E-state index contributed by atoms with van der Waals surface area (Å²) in [6.45, 7) is 4.98. The molecule has 0 spiro atoms. The summed E-state index contributed by atoms with van der Waals surface area (Å²) in [6.07, 6.45) is -0.262. The van der Waals surface area contributed by atoms with Crippen LogP contribution in [0.2, 0.25) is 0 Å². The van der Waals surface area contributed by atoms with Crippen molar-refractivity contribution in [3.8, 4) is 5.75 Å². The Morgan fingerprint density at radius 2 is 1.84 bits per heavy atom. The van der Waals surface area contributed by atoms with E-state index in [1.165, 1.54) is 6.92 Å². The molecule has 5 nitrogen and oxygen atoms in total. The average Bonchev–Trinajstić information content (AvgIpc) is 2.35. The molecule has 1 unspecified atom stereocenters. The number of ether oxygens (including phenoxy) is 1. The van der Waals surface area contributed by atoms with E-state index in [0.717, 1.165) is 4.83 Å². The zero-order valence-electron chi connectivity index (χ0n) is 10.9. The van der Waals surface area contributed by atoms with Gasteiger partial charge < -0.3 is 9.57 Å². The van der Waals surface area contributed by atoms with E-state index in [-0.39, 0.29) is 6.10 Å². The highest BCUT2D eigenvalue weighted by Crippen LogP contribution is 2.35. The molecular formula is C12H16ClNO4P+. The van der Waals surface area contributed by atoms with Gasteiger partial charge in [-0.3, -0.25) is 4.79 Å². The maximum absolute atomic E-state index is 11.8. The number of carbonyl (C=O) groups excluding carboxylic acids is 1. The standard InChI is InChI=1S/C12H16ClNO4P/c1-9(2)17-12(15)10(3)14(19(13)16)18-11-7-5-4-6-8-11/h4-10H,1-3H3/q+1/t10-/m0/s1. The molecule has 0 fully saturated rings. The number of hydroxylamine groups is 1. The van der Waals surface area contributed by atoms with Gasteiger partial charge in [-0.2, -0.15) is 0 Å². The minimum Gasteiger partial charge on any atom is -0.462 e. The predicted octanol–water partition coefficient (Wildman–Crippen LogP) is 3.52. The third-order valence-electron chi connectivity index (χ3n) is 2.12. The summed E-state index contributed by atoms with van der Waals surface area (Å²) in [5.74, 6) is -0.106. The molecule has 0 bridgehead atoms. The molecule has 0 heterocycles. The summed E-state index contributed by atoms with van der Waals surface area (Å²) >= 11 is 5.57. The molecule has 0 saturated heterocycles. The molecule has 0 aliphatic carbocycles. The number of carbonyl (C=O) groups is 1. The van der Waals surface area contributed by atoms with Crippen LogP contribution in [0.3, 0.4) is 0 Å². The van der Waals surface area contributed by atoms with E-state index in [1.54, 1.807) is 38.1 Å². The van der Waals surface area contributed by atoms with Crippen LogP contribution < -0.4 is 4.84 Å². The van der Waals surface area contributed by atoms with Crippen molar-refractivity contribution in [3.05, 3.63) is 30.3 Å². The highest BCUT2D eigenvalue weighted by molar-refractivity contribution is 7.71. The lowest BCUT2D eigenvalue weighted by Gasteiger charge is -2.17. The minimum absolute atomic E-state index is 0.262. The Balaban J connectivity index is 2.77. The SMILES string of the molecule is CC(C)OC(=O)[C@H](C)N(Oc1ccccc1)[P+](=O)Cl. The zero-order chi connectivity index (χ0) is 14.4. The molecule has 0 aliphatic heterocycles. The summed E-state index contributed by atoms with van der Waals surface area (Å²) in [5.41, 5.74) is 0. The maximum atomic E-state index is 11.8. The first-order chi connectivity index (χ1) is 8.91. The van der Waals surface area contributed by atoms with Crippen molar-refractivity contribution in [3.63, 3.8) is 0 Å². The number of nitrogens with zero attached hydrogens (tertiary/aromatic N) is 1. The number of benzene rings is 1. The Kier molecular flexibility index (Phi) is 6.22. The monoisotopic (exact) mass is 304 g/mol. The first-order valence-corrected chi connectivity index (χ1v) is 7.89. The molecule has 0 saturated carbocycles. The highest BCUT2D eigenvalue weighted by Gasteiger charge is 2.40. The Morgan fingerprint density at radius 3 is 2.32 bits per heavy atom. The summed E-state index contributed by atoms with van der Waals surface area (Å²) < 4.78 is 16.5. The van der Waals surface area contributed by atoms with E-state index >= 15 is 0 Å². The largest absolute Gasteiger partial charge is 0.593 e. The summed E-state index contributed by atoms with van der Waals surface area (Å²) in [4.78, 5) is 18.0. The molecule has 2 atom stereocenters. The number of hydrogen-bond donors (Lipinski definition) is 0. The highest BCUT2D eigenvalue weighted by atomic mass is 35.7. The zero-order valence-corrected chi connectivity index (χ0v) is 12.6. The van der Waals surface area contributed by atoms with Crippen LogP contribution in [0.4, 0.5) is 0 Å². The summed E-state index contributed by atoms with van der Waals surface area (Å²) in [6, 6.07) is 7.79. The van der Waals surface area contributed by atoms with Crippen molar-refractivity contribution < 1.29 is 18.9 Å². The normalized spacial score (nSPS) is 13.3. The van der Waals surface area contributed by atoms with Gasteiger partial charge in [0.1, 0.15) is 4.83 Å². The van der Waals surface area contributed by atoms with E-state index < -0.39 is 19.3 Å². The van der Waals surface area contributed by atoms with Crippen LogP contribution in [-0.4, -0.2) is 22.9 Å². The Labute approximate surface area is 118 Å². The summed E-state index contributed by atoms with van der Waals surface area (Å²) in [5, 5.41) is 0.